The molecule has 0 saturated carbocycles. The molecular weight excluding hydrogens is 260 g/mol. The second-order valence-electron chi connectivity index (χ2n) is 5.21. The predicted molar refractivity (Wildman–Crippen MR) is 74.1 cm³/mol. The van der Waals surface area contributed by atoms with E-state index in [2.05, 4.69) is 0 Å². The summed E-state index contributed by atoms with van der Waals surface area (Å²) < 4.78 is 5.19. The number of furan rings is 1. The van der Waals surface area contributed by atoms with Crippen LogP contribution in [0.15, 0.2) is 22.8 Å². The molecule has 0 radical (unpaired) electrons. The van der Waals surface area contributed by atoms with Crippen molar-refractivity contribution in [2.24, 2.45) is 0 Å². The van der Waals surface area contributed by atoms with Gasteiger partial charge in [-0.25, -0.2) is 0 Å². The fourth-order valence-electron chi connectivity index (χ4n) is 1.85. The van der Waals surface area contributed by atoms with Gasteiger partial charge in [-0.1, -0.05) is 6.92 Å². The highest BCUT2D eigenvalue weighted by Gasteiger charge is 2.35. The Morgan fingerprint density at radius 3 is 2.50 bits per heavy atom. The van der Waals surface area contributed by atoms with Crippen LogP contribution in [0.5, 0.6) is 0 Å². The maximum absolute atomic E-state index is 12.2. The maximum atomic E-state index is 12.2. The Morgan fingerprint density at radius 2 is 2.05 bits per heavy atom. The van der Waals surface area contributed by atoms with Gasteiger partial charge in [-0.15, -0.1) is 0 Å². The van der Waals surface area contributed by atoms with Gasteiger partial charge in [0.25, 0.3) is 0 Å². The van der Waals surface area contributed by atoms with E-state index in [9.17, 15) is 14.7 Å². The van der Waals surface area contributed by atoms with Crippen molar-refractivity contribution in [1.29, 1.82) is 0 Å². The van der Waals surface area contributed by atoms with E-state index in [1.165, 1.54) is 4.90 Å². The maximum Gasteiger partial charge on any atom is 0.323 e. The molecule has 1 heterocycles. The van der Waals surface area contributed by atoms with Crippen LogP contribution in [0.2, 0.25) is 0 Å². The first-order valence-corrected chi connectivity index (χ1v) is 6.53. The molecule has 0 fully saturated rings. The van der Waals surface area contributed by atoms with Crippen molar-refractivity contribution < 1.29 is 19.1 Å². The van der Waals surface area contributed by atoms with Crippen LogP contribution in [-0.4, -0.2) is 52.5 Å². The summed E-state index contributed by atoms with van der Waals surface area (Å²) in [4.78, 5) is 26.6. The lowest BCUT2D eigenvalue weighted by molar-refractivity contribution is -0.151. The third kappa shape index (κ3) is 3.84. The van der Waals surface area contributed by atoms with Crippen molar-refractivity contribution in [2.45, 2.75) is 32.9 Å². The van der Waals surface area contributed by atoms with Crippen LogP contribution in [0.3, 0.4) is 0 Å². The van der Waals surface area contributed by atoms with Crippen LogP contribution >= 0.6 is 0 Å². The molecule has 6 heteroatoms. The van der Waals surface area contributed by atoms with E-state index in [1.54, 1.807) is 44.2 Å². The third-order valence-electron chi connectivity index (χ3n) is 3.42. The quantitative estimate of drug-likeness (QED) is 0.818. The highest BCUT2D eigenvalue weighted by molar-refractivity contribution is 5.81. The van der Waals surface area contributed by atoms with Crippen molar-refractivity contribution in [3.63, 3.8) is 0 Å². The zero-order valence-corrected chi connectivity index (χ0v) is 12.4. The van der Waals surface area contributed by atoms with E-state index in [0.29, 0.717) is 18.8 Å². The number of rotatable bonds is 7. The summed E-state index contributed by atoms with van der Waals surface area (Å²) >= 11 is 0. The molecule has 0 aliphatic heterocycles. The number of carbonyl (C=O) groups is 2. The summed E-state index contributed by atoms with van der Waals surface area (Å²) in [6.07, 6.45) is 1.56. The monoisotopic (exact) mass is 282 g/mol. The molecule has 112 valence electrons. The summed E-state index contributed by atoms with van der Waals surface area (Å²) in [6.45, 7) is 5.95. The highest BCUT2D eigenvalue weighted by atomic mass is 16.4. The highest BCUT2D eigenvalue weighted by Crippen LogP contribution is 2.15. The largest absolute Gasteiger partial charge is 0.480 e. The van der Waals surface area contributed by atoms with Crippen molar-refractivity contribution in [3.05, 3.63) is 24.2 Å². The first kappa shape index (κ1) is 16.2. The van der Waals surface area contributed by atoms with Crippen molar-refractivity contribution in [1.82, 2.24) is 9.80 Å². The van der Waals surface area contributed by atoms with E-state index in [1.807, 2.05) is 6.92 Å². The zero-order valence-electron chi connectivity index (χ0n) is 12.4. The molecule has 0 saturated heterocycles. The number of carboxylic acid groups (broad SMARTS) is 1. The Balaban J connectivity index is 2.65. The smallest absolute Gasteiger partial charge is 0.323 e. The number of amides is 1. The topological polar surface area (TPSA) is 74.0 Å². The molecule has 0 bridgehead atoms. The number of hydrogen-bond donors (Lipinski definition) is 1. The molecule has 0 aromatic carbocycles. The molecule has 1 N–H and O–H groups in total. The lowest BCUT2D eigenvalue weighted by Gasteiger charge is -2.34. The van der Waals surface area contributed by atoms with E-state index in [-0.39, 0.29) is 12.5 Å². The van der Waals surface area contributed by atoms with E-state index >= 15 is 0 Å². The first-order valence-electron chi connectivity index (χ1n) is 6.53. The molecule has 6 nitrogen and oxygen atoms in total. The number of carboxylic acids is 1. The molecule has 20 heavy (non-hydrogen) atoms. The second-order valence-corrected chi connectivity index (χ2v) is 5.21. The Morgan fingerprint density at radius 1 is 1.40 bits per heavy atom. The number of hydrogen-bond acceptors (Lipinski definition) is 4. The number of carbonyl (C=O) groups excluding carboxylic acids is 1. The van der Waals surface area contributed by atoms with Crippen molar-refractivity contribution >= 4 is 11.9 Å². The lowest BCUT2D eigenvalue weighted by Crippen LogP contribution is -2.53. The van der Waals surface area contributed by atoms with Gasteiger partial charge in [0.1, 0.15) is 11.3 Å². The Labute approximate surface area is 119 Å². The van der Waals surface area contributed by atoms with Gasteiger partial charge in [-0.3, -0.25) is 14.5 Å². The molecule has 0 aliphatic rings. The van der Waals surface area contributed by atoms with Gasteiger partial charge in [0, 0.05) is 7.05 Å². The van der Waals surface area contributed by atoms with Crippen LogP contribution in [0.4, 0.5) is 0 Å². The van der Waals surface area contributed by atoms with Gasteiger partial charge in [-0.2, -0.15) is 0 Å². The molecule has 1 aromatic rings. The minimum absolute atomic E-state index is 0.0625. The van der Waals surface area contributed by atoms with Crippen LogP contribution in [-0.2, 0) is 16.1 Å². The SMILES string of the molecule is CCN(CC(=O)N(C)Cc1ccco1)C(C)(C)C(=O)O. The number of nitrogens with zero attached hydrogens (tertiary/aromatic N) is 2. The van der Waals surface area contributed by atoms with E-state index in [4.69, 9.17) is 4.42 Å². The van der Waals surface area contributed by atoms with Gasteiger partial charge < -0.3 is 14.4 Å². The van der Waals surface area contributed by atoms with Crippen LogP contribution < -0.4 is 0 Å². The summed E-state index contributed by atoms with van der Waals surface area (Å²) in [5.41, 5.74) is -1.07. The normalized spacial score (nSPS) is 11.7. The van der Waals surface area contributed by atoms with Gasteiger partial charge in [-0.05, 0) is 32.5 Å². The molecule has 1 rings (SSSR count). The van der Waals surface area contributed by atoms with Gasteiger partial charge in [0.2, 0.25) is 5.91 Å². The average Bonchev–Trinajstić information content (AvgIpc) is 2.87. The Bertz CT molecular complexity index is 454. The summed E-state index contributed by atoms with van der Waals surface area (Å²) in [7, 11) is 1.67. The van der Waals surface area contributed by atoms with Crippen LogP contribution in [0.1, 0.15) is 26.5 Å². The summed E-state index contributed by atoms with van der Waals surface area (Å²) in [5, 5.41) is 9.22. The summed E-state index contributed by atoms with van der Waals surface area (Å²) in [6, 6.07) is 3.56. The summed E-state index contributed by atoms with van der Waals surface area (Å²) in [5.74, 6) is -0.389. The molecule has 0 spiro atoms. The van der Waals surface area contributed by atoms with Crippen molar-refractivity contribution in [3.8, 4) is 0 Å². The van der Waals surface area contributed by atoms with Gasteiger partial charge in [0.15, 0.2) is 0 Å². The molecule has 0 unspecified atom stereocenters. The molecule has 0 aliphatic carbocycles. The first-order chi connectivity index (χ1) is 9.28. The fraction of sp³-hybridized carbons (Fsp3) is 0.571. The molecule has 1 aromatic heterocycles. The lowest BCUT2D eigenvalue weighted by atomic mass is 10.0. The number of aliphatic carboxylic acids is 1. The average molecular weight is 282 g/mol. The molecule has 0 atom stereocenters. The predicted octanol–water partition coefficient (Wildman–Crippen LogP) is 1.42. The van der Waals surface area contributed by atoms with E-state index < -0.39 is 11.5 Å². The Kier molecular flexibility index (Phi) is 5.33. The van der Waals surface area contributed by atoms with Gasteiger partial charge in [0.05, 0.1) is 19.4 Å². The second kappa shape index (κ2) is 6.56. The van der Waals surface area contributed by atoms with Crippen molar-refractivity contribution in [2.75, 3.05) is 20.1 Å². The molecule has 1 amide bonds. The third-order valence-corrected chi connectivity index (χ3v) is 3.42. The van der Waals surface area contributed by atoms with E-state index in [0.717, 1.165) is 0 Å². The standard InChI is InChI=1S/C14H22N2O4/c1-5-16(14(2,3)13(18)19)10-12(17)15(4)9-11-7-6-8-20-11/h6-8H,5,9-10H2,1-4H3,(H,18,19). The Hall–Kier alpha value is -1.82. The van der Waals surface area contributed by atoms with Crippen LogP contribution in [0, 0.1) is 0 Å². The number of likely N-dealkylation sites (N-methyl/N-ethyl adjacent to an activating group) is 2. The zero-order chi connectivity index (χ0) is 15.3. The minimum atomic E-state index is -1.07. The fourth-order valence-corrected chi connectivity index (χ4v) is 1.85. The van der Waals surface area contributed by atoms with Crippen LogP contribution in [0.25, 0.3) is 0 Å². The minimum Gasteiger partial charge on any atom is -0.480 e. The van der Waals surface area contributed by atoms with Gasteiger partial charge >= 0.3 is 5.97 Å². The molecular formula is C14H22N2O4.